The van der Waals surface area contributed by atoms with Crippen molar-refractivity contribution in [2.45, 2.75) is 69.8 Å². The summed E-state index contributed by atoms with van der Waals surface area (Å²) in [6.07, 6.45) is 6.07. The molecule has 1 atom stereocenters. The second-order valence-corrected chi connectivity index (χ2v) is 10.3. The molecule has 4 nitrogen and oxygen atoms in total. The van der Waals surface area contributed by atoms with Crippen LogP contribution in [0.2, 0.25) is 10.0 Å². The Morgan fingerprint density at radius 3 is 2.21 bits per heavy atom. The number of nitrogens with zero attached hydrogens (tertiary/aromatic N) is 1. The minimum Gasteiger partial charge on any atom is -0.352 e. The van der Waals surface area contributed by atoms with Crippen LogP contribution >= 0.6 is 35.0 Å². The summed E-state index contributed by atoms with van der Waals surface area (Å²) in [6, 6.07) is 14.8. The molecule has 2 aromatic carbocycles. The van der Waals surface area contributed by atoms with Crippen LogP contribution in [0.4, 0.5) is 0 Å². The van der Waals surface area contributed by atoms with E-state index in [9.17, 15) is 9.59 Å². The van der Waals surface area contributed by atoms with Crippen molar-refractivity contribution in [1.29, 1.82) is 0 Å². The van der Waals surface area contributed by atoms with Crippen molar-refractivity contribution in [3.8, 4) is 0 Å². The Balaban J connectivity index is 1.72. The van der Waals surface area contributed by atoms with Gasteiger partial charge in [0.15, 0.2) is 0 Å². The number of nitrogens with one attached hydrogen (secondary N) is 1. The number of rotatable bonds is 10. The van der Waals surface area contributed by atoms with Crippen molar-refractivity contribution in [2.75, 3.05) is 5.75 Å². The molecule has 1 N–H and O–H groups in total. The lowest BCUT2D eigenvalue weighted by Crippen LogP contribution is -2.52. The van der Waals surface area contributed by atoms with E-state index in [1.165, 1.54) is 18.2 Å². The number of halogens is 2. The maximum Gasteiger partial charge on any atom is 0.243 e. The van der Waals surface area contributed by atoms with Crippen molar-refractivity contribution >= 4 is 46.8 Å². The fourth-order valence-corrected chi connectivity index (χ4v) is 5.61. The molecule has 2 aromatic rings. The van der Waals surface area contributed by atoms with Crippen molar-refractivity contribution < 1.29 is 9.59 Å². The molecule has 7 heteroatoms. The number of amides is 2. The van der Waals surface area contributed by atoms with Gasteiger partial charge >= 0.3 is 0 Å². The van der Waals surface area contributed by atoms with Gasteiger partial charge in [0.05, 0.1) is 5.75 Å². The summed E-state index contributed by atoms with van der Waals surface area (Å²) in [5.74, 6) is 0.762. The van der Waals surface area contributed by atoms with E-state index in [2.05, 4.69) is 5.32 Å². The zero-order valence-electron chi connectivity index (χ0n) is 19.1. The number of carbonyl (C=O) groups is 2. The van der Waals surface area contributed by atoms with E-state index in [0.29, 0.717) is 28.8 Å². The molecule has 0 heterocycles. The van der Waals surface area contributed by atoms with E-state index in [1.54, 1.807) is 4.90 Å². The highest BCUT2D eigenvalue weighted by Gasteiger charge is 2.30. The zero-order chi connectivity index (χ0) is 23.6. The zero-order valence-corrected chi connectivity index (χ0v) is 21.4. The van der Waals surface area contributed by atoms with Crippen LogP contribution in [0, 0.1) is 0 Å². The molecular weight excluding hydrogens is 475 g/mol. The molecule has 2 amide bonds. The number of carbonyl (C=O) groups excluding carboxylic acids is 2. The molecule has 1 fully saturated rings. The Morgan fingerprint density at radius 1 is 1.00 bits per heavy atom. The molecular formula is C26H32Cl2N2O2S. The molecule has 1 saturated carbocycles. The van der Waals surface area contributed by atoms with Gasteiger partial charge in [-0.3, -0.25) is 9.59 Å². The third kappa shape index (κ3) is 7.66. The molecule has 1 aliphatic carbocycles. The van der Waals surface area contributed by atoms with Gasteiger partial charge in [0, 0.05) is 28.4 Å². The SMILES string of the molecule is CCC(C(=O)NC1CCCCC1)N(Cc1ccccc1Cl)C(=O)CSCc1ccccc1Cl. The topological polar surface area (TPSA) is 49.4 Å². The van der Waals surface area contributed by atoms with Gasteiger partial charge in [-0.25, -0.2) is 0 Å². The highest BCUT2D eigenvalue weighted by molar-refractivity contribution is 7.99. The number of benzene rings is 2. The second-order valence-electron chi connectivity index (χ2n) is 8.46. The summed E-state index contributed by atoms with van der Waals surface area (Å²) >= 11 is 14.2. The molecule has 1 unspecified atom stereocenters. The molecule has 178 valence electrons. The van der Waals surface area contributed by atoms with Crippen molar-refractivity contribution in [2.24, 2.45) is 0 Å². The predicted molar refractivity (Wildman–Crippen MR) is 139 cm³/mol. The first kappa shape index (κ1) is 25.9. The average molecular weight is 508 g/mol. The summed E-state index contributed by atoms with van der Waals surface area (Å²) in [4.78, 5) is 28.3. The Hall–Kier alpha value is -1.69. The van der Waals surface area contributed by atoms with Gasteiger partial charge in [-0.15, -0.1) is 11.8 Å². The average Bonchev–Trinajstić information content (AvgIpc) is 2.82. The Bertz CT molecular complexity index is 934. The van der Waals surface area contributed by atoms with E-state index in [1.807, 2.05) is 55.5 Å². The molecule has 1 aliphatic rings. The van der Waals surface area contributed by atoms with Crippen LogP contribution in [0.3, 0.4) is 0 Å². The fourth-order valence-electron chi connectivity index (χ4n) is 4.22. The van der Waals surface area contributed by atoms with Gasteiger partial charge in [-0.1, -0.05) is 85.8 Å². The molecule has 0 radical (unpaired) electrons. The van der Waals surface area contributed by atoms with Gasteiger partial charge in [0.1, 0.15) is 6.04 Å². The fraction of sp³-hybridized carbons (Fsp3) is 0.462. The van der Waals surface area contributed by atoms with E-state index in [-0.39, 0.29) is 23.6 Å². The summed E-state index contributed by atoms with van der Waals surface area (Å²) in [5.41, 5.74) is 1.84. The Kier molecular flexibility index (Phi) is 10.4. The minimum absolute atomic E-state index is 0.0686. The van der Waals surface area contributed by atoms with E-state index >= 15 is 0 Å². The van der Waals surface area contributed by atoms with Gasteiger partial charge in [0.25, 0.3) is 0 Å². The number of thioether (sulfide) groups is 1. The second kappa shape index (κ2) is 13.3. The maximum absolute atomic E-state index is 13.4. The van der Waals surface area contributed by atoms with Crippen LogP contribution in [0.1, 0.15) is 56.6 Å². The largest absolute Gasteiger partial charge is 0.352 e. The summed E-state index contributed by atoms with van der Waals surface area (Å²) in [7, 11) is 0. The van der Waals surface area contributed by atoms with Crippen molar-refractivity contribution in [3.63, 3.8) is 0 Å². The van der Waals surface area contributed by atoms with Gasteiger partial charge < -0.3 is 10.2 Å². The summed E-state index contributed by atoms with van der Waals surface area (Å²) < 4.78 is 0. The Labute approximate surface area is 211 Å². The molecule has 33 heavy (non-hydrogen) atoms. The van der Waals surface area contributed by atoms with E-state index in [0.717, 1.165) is 36.8 Å². The smallest absolute Gasteiger partial charge is 0.243 e. The van der Waals surface area contributed by atoms with Gasteiger partial charge in [-0.05, 0) is 42.5 Å². The summed E-state index contributed by atoms with van der Waals surface area (Å²) in [6.45, 7) is 2.26. The van der Waals surface area contributed by atoms with Crippen molar-refractivity contribution in [1.82, 2.24) is 10.2 Å². The highest BCUT2D eigenvalue weighted by atomic mass is 35.5. The lowest BCUT2D eigenvalue weighted by atomic mass is 9.95. The van der Waals surface area contributed by atoms with Crippen LogP contribution in [-0.2, 0) is 21.9 Å². The van der Waals surface area contributed by atoms with Crippen LogP contribution < -0.4 is 5.32 Å². The van der Waals surface area contributed by atoms with Gasteiger partial charge in [-0.2, -0.15) is 0 Å². The summed E-state index contributed by atoms with van der Waals surface area (Å²) in [5, 5.41) is 4.50. The first-order valence-corrected chi connectivity index (χ1v) is 13.5. The van der Waals surface area contributed by atoms with Crippen LogP contribution in [0.25, 0.3) is 0 Å². The molecule has 0 aromatic heterocycles. The van der Waals surface area contributed by atoms with E-state index < -0.39 is 6.04 Å². The molecule has 0 bridgehead atoms. The predicted octanol–water partition coefficient (Wildman–Crippen LogP) is 6.48. The van der Waals surface area contributed by atoms with Crippen LogP contribution in [0.15, 0.2) is 48.5 Å². The standard InChI is InChI=1S/C26H32Cl2N2O2S/c1-2-24(26(32)29-21-12-4-3-5-13-21)30(16-19-10-6-8-14-22(19)27)25(31)18-33-17-20-11-7-9-15-23(20)28/h6-11,14-15,21,24H,2-5,12-13,16-18H2,1H3,(H,29,32). The first-order valence-electron chi connectivity index (χ1n) is 11.6. The molecule has 0 saturated heterocycles. The van der Waals surface area contributed by atoms with Crippen molar-refractivity contribution in [3.05, 3.63) is 69.7 Å². The van der Waals surface area contributed by atoms with E-state index in [4.69, 9.17) is 23.2 Å². The highest BCUT2D eigenvalue weighted by Crippen LogP contribution is 2.24. The monoisotopic (exact) mass is 506 g/mol. The molecule has 0 spiro atoms. The number of hydrogen-bond acceptors (Lipinski definition) is 3. The molecule has 0 aliphatic heterocycles. The quantitative estimate of drug-likeness (QED) is 0.400. The third-order valence-electron chi connectivity index (χ3n) is 6.08. The van der Waals surface area contributed by atoms with Gasteiger partial charge in [0.2, 0.25) is 11.8 Å². The lowest BCUT2D eigenvalue weighted by molar-refractivity contribution is -0.139. The maximum atomic E-state index is 13.4. The first-order chi connectivity index (χ1) is 16.0. The Morgan fingerprint density at radius 2 is 1.61 bits per heavy atom. The lowest BCUT2D eigenvalue weighted by Gasteiger charge is -2.33. The van der Waals surface area contributed by atoms with Crippen LogP contribution in [-0.4, -0.2) is 34.6 Å². The molecule has 3 rings (SSSR count). The normalized spacial score (nSPS) is 15.1. The third-order valence-corrected chi connectivity index (χ3v) is 7.78. The number of hydrogen-bond donors (Lipinski definition) is 1. The van der Waals surface area contributed by atoms with Crippen LogP contribution in [0.5, 0.6) is 0 Å². The minimum atomic E-state index is -0.531.